The van der Waals surface area contributed by atoms with E-state index < -0.39 is 18.0 Å². The van der Waals surface area contributed by atoms with Gasteiger partial charge in [0.05, 0.1) is 6.42 Å². The minimum atomic E-state index is -0.913. The van der Waals surface area contributed by atoms with Gasteiger partial charge in [0, 0.05) is 0 Å². The van der Waals surface area contributed by atoms with E-state index in [1.165, 1.54) is 6.42 Å². The number of nitrogens with two attached hydrogens (primary N) is 2. The fourth-order valence-corrected chi connectivity index (χ4v) is 2.57. The van der Waals surface area contributed by atoms with E-state index in [0.29, 0.717) is 6.54 Å². The Morgan fingerprint density at radius 2 is 1.71 bits per heavy atom. The van der Waals surface area contributed by atoms with Crippen molar-refractivity contribution in [1.29, 1.82) is 0 Å². The molecule has 1 fully saturated rings. The van der Waals surface area contributed by atoms with Crippen molar-refractivity contribution in [2.24, 2.45) is 22.8 Å². The molecular weight excluding hydrogens is 272 g/mol. The second kappa shape index (κ2) is 9.73. The van der Waals surface area contributed by atoms with Crippen LogP contribution in [0.1, 0.15) is 58.8 Å². The van der Waals surface area contributed by atoms with Gasteiger partial charge in [-0.2, -0.15) is 0 Å². The van der Waals surface area contributed by atoms with Gasteiger partial charge in [-0.25, -0.2) is 0 Å². The van der Waals surface area contributed by atoms with Crippen molar-refractivity contribution in [1.82, 2.24) is 0 Å². The molecule has 1 aliphatic rings. The Balaban J connectivity index is 0.000000400. The second-order valence-electron chi connectivity index (χ2n) is 6.08. The monoisotopic (exact) mass is 302 g/mol. The first kappa shape index (κ1) is 19.9. The quantitative estimate of drug-likeness (QED) is 0.592. The molecule has 124 valence electrons. The molecule has 0 aliphatic heterocycles. The van der Waals surface area contributed by atoms with Crippen LogP contribution in [0, 0.1) is 11.3 Å². The van der Waals surface area contributed by atoms with Crippen LogP contribution in [-0.2, 0) is 9.59 Å². The van der Waals surface area contributed by atoms with Crippen molar-refractivity contribution in [2.45, 2.75) is 64.8 Å². The van der Waals surface area contributed by atoms with E-state index in [9.17, 15) is 9.59 Å². The molecule has 1 saturated carbocycles. The molecule has 1 aliphatic carbocycles. The van der Waals surface area contributed by atoms with Crippen molar-refractivity contribution in [2.75, 3.05) is 6.54 Å². The van der Waals surface area contributed by atoms with Crippen LogP contribution in [-0.4, -0.2) is 34.7 Å². The van der Waals surface area contributed by atoms with Gasteiger partial charge < -0.3 is 21.7 Å². The van der Waals surface area contributed by atoms with E-state index in [4.69, 9.17) is 21.7 Å². The van der Waals surface area contributed by atoms with Gasteiger partial charge in [-0.3, -0.25) is 9.59 Å². The maximum atomic E-state index is 10.6. The highest BCUT2D eigenvalue weighted by Crippen LogP contribution is 2.38. The summed E-state index contributed by atoms with van der Waals surface area (Å²) in [5, 5.41) is 17.1. The molecule has 0 saturated heterocycles. The summed E-state index contributed by atoms with van der Waals surface area (Å²) in [5.74, 6) is -1.55. The molecule has 2 atom stereocenters. The zero-order valence-electron chi connectivity index (χ0n) is 13.2. The largest absolute Gasteiger partial charge is 0.481 e. The molecule has 0 amide bonds. The van der Waals surface area contributed by atoms with Crippen molar-refractivity contribution in [3.63, 3.8) is 0 Å². The molecule has 0 unspecified atom stereocenters. The first-order valence-corrected chi connectivity index (χ1v) is 7.68. The minimum Gasteiger partial charge on any atom is -0.481 e. The summed E-state index contributed by atoms with van der Waals surface area (Å²) in [6, 6.07) is -0.699. The zero-order valence-corrected chi connectivity index (χ0v) is 13.2. The van der Waals surface area contributed by atoms with Gasteiger partial charge in [0.2, 0.25) is 0 Å². The van der Waals surface area contributed by atoms with Crippen LogP contribution in [0.15, 0.2) is 0 Å². The summed E-state index contributed by atoms with van der Waals surface area (Å²) in [6.45, 7) is 4.28. The van der Waals surface area contributed by atoms with Crippen LogP contribution < -0.4 is 11.5 Å². The third kappa shape index (κ3) is 7.43. The number of hydrogen-bond donors (Lipinski definition) is 4. The Hall–Kier alpha value is -1.14. The van der Waals surface area contributed by atoms with Crippen LogP contribution in [0.5, 0.6) is 0 Å². The number of carboxylic acid groups (broad SMARTS) is 2. The molecule has 0 radical (unpaired) electrons. The van der Waals surface area contributed by atoms with Crippen molar-refractivity contribution < 1.29 is 19.8 Å². The maximum absolute atomic E-state index is 10.6. The molecule has 0 aromatic heterocycles. The summed E-state index contributed by atoms with van der Waals surface area (Å²) in [4.78, 5) is 20.8. The number of carbonyl (C=O) groups is 2. The lowest BCUT2D eigenvalue weighted by Crippen LogP contribution is -2.36. The van der Waals surface area contributed by atoms with Crippen molar-refractivity contribution in [3.8, 4) is 0 Å². The van der Waals surface area contributed by atoms with Gasteiger partial charge in [0.1, 0.15) is 6.04 Å². The number of aliphatic carboxylic acids is 2. The fourth-order valence-electron chi connectivity index (χ4n) is 2.57. The van der Waals surface area contributed by atoms with E-state index in [1.54, 1.807) is 0 Å². The predicted octanol–water partition coefficient (Wildman–Crippen LogP) is 1.81. The SMILES string of the molecule is CC[C@H](C)[C@H](N)C(=O)O.NCC1(CC(=O)O)CCCCC1. The highest BCUT2D eigenvalue weighted by atomic mass is 16.4. The Bertz CT molecular complexity index is 328. The lowest BCUT2D eigenvalue weighted by atomic mass is 9.72. The maximum Gasteiger partial charge on any atom is 0.320 e. The van der Waals surface area contributed by atoms with Gasteiger partial charge >= 0.3 is 11.9 Å². The average Bonchev–Trinajstić information content (AvgIpc) is 2.46. The highest BCUT2D eigenvalue weighted by Gasteiger charge is 2.32. The van der Waals surface area contributed by atoms with E-state index in [0.717, 1.165) is 32.1 Å². The van der Waals surface area contributed by atoms with Gasteiger partial charge in [0.15, 0.2) is 0 Å². The third-order valence-corrected chi connectivity index (χ3v) is 4.42. The minimum absolute atomic E-state index is 0.0718. The van der Waals surface area contributed by atoms with Gasteiger partial charge in [-0.15, -0.1) is 0 Å². The number of carboxylic acids is 2. The van der Waals surface area contributed by atoms with Crippen LogP contribution in [0.3, 0.4) is 0 Å². The molecule has 21 heavy (non-hydrogen) atoms. The predicted molar refractivity (Wildman–Crippen MR) is 81.9 cm³/mol. The first-order valence-electron chi connectivity index (χ1n) is 7.68. The Labute approximate surface area is 126 Å². The summed E-state index contributed by atoms with van der Waals surface area (Å²) in [6.07, 6.45) is 6.58. The third-order valence-electron chi connectivity index (χ3n) is 4.42. The Morgan fingerprint density at radius 1 is 1.19 bits per heavy atom. The molecular formula is C15H30N2O4. The topological polar surface area (TPSA) is 127 Å². The summed E-state index contributed by atoms with van der Waals surface area (Å²) in [7, 11) is 0. The number of rotatable bonds is 6. The lowest BCUT2D eigenvalue weighted by molar-refractivity contribution is -0.141. The standard InChI is InChI=1S/C9H17NO2.C6H13NO2/c10-7-9(6-8(11)12)4-2-1-3-5-9;1-3-4(2)5(7)6(8)9/h1-7,10H2,(H,11,12);4-5H,3,7H2,1-2H3,(H,8,9)/t;4-,5-/m.0/s1. The lowest BCUT2D eigenvalue weighted by Gasteiger charge is -2.34. The average molecular weight is 302 g/mol. The van der Waals surface area contributed by atoms with Crippen LogP contribution >= 0.6 is 0 Å². The normalized spacial score (nSPS) is 19.8. The first-order chi connectivity index (χ1) is 9.78. The van der Waals surface area contributed by atoms with E-state index in [2.05, 4.69) is 0 Å². The summed E-state index contributed by atoms with van der Waals surface area (Å²) < 4.78 is 0. The van der Waals surface area contributed by atoms with E-state index >= 15 is 0 Å². The van der Waals surface area contributed by atoms with Crippen LogP contribution in [0.2, 0.25) is 0 Å². The van der Waals surface area contributed by atoms with Crippen molar-refractivity contribution >= 4 is 11.9 Å². The van der Waals surface area contributed by atoms with Crippen LogP contribution in [0.4, 0.5) is 0 Å². The summed E-state index contributed by atoms with van der Waals surface area (Å²) >= 11 is 0. The Kier molecular flexibility index (Phi) is 9.21. The fraction of sp³-hybridized carbons (Fsp3) is 0.867. The van der Waals surface area contributed by atoms with Crippen LogP contribution in [0.25, 0.3) is 0 Å². The molecule has 6 nitrogen and oxygen atoms in total. The molecule has 0 bridgehead atoms. The molecule has 6 N–H and O–H groups in total. The highest BCUT2D eigenvalue weighted by molar-refractivity contribution is 5.73. The van der Waals surface area contributed by atoms with Gasteiger partial charge in [-0.1, -0.05) is 39.5 Å². The van der Waals surface area contributed by atoms with Gasteiger partial charge in [-0.05, 0) is 30.7 Å². The zero-order chi connectivity index (χ0) is 16.5. The van der Waals surface area contributed by atoms with E-state index in [1.807, 2.05) is 13.8 Å². The smallest absolute Gasteiger partial charge is 0.320 e. The molecule has 0 spiro atoms. The number of hydrogen-bond acceptors (Lipinski definition) is 4. The molecule has 0 heterocycles. The molecule has 6 heteroatoms. The summed E-state index contributed by atoms with van der Waals surface area (Å²) in [5.41, 5.74) is 10.8. The second-order valence-corrected chi connectivity index (χ2v) is 6.08. The van der Waals surface area contributed by atoms with E-state index in [-0.39, 0.29) is 17.8 Å². The van der Waals surface area contributed by atoms with Gasteiger partial charge in [0.25, 0.3) is 0 Å². The Morgan fingerprint density at radius 3 is 2.00 bits per heavy atom. The molecule has 1 rings (SSSR count). The van der Waals surface area contributed by atoms with Crippen molar-refractivity contribution in [3.05, 3.63) is 0 Å². The molecule has 0 aromatic carbocycles. The molecule has 0 aromatic rings.